The molecular weight excluding hydrogens is 324 g/mol. The molecule has 0 radical (unpaired) electrons. The minimum absolute atomic E-state index is 0.0591. The lowest BCUT2D eigenvalue weighted by atomic mass is 10.1. The van der Waals surface area contributed by atoms with Crippen LogP contribution in [-0.2, 0) is 16.4 Å². The number of anilines is 1. The zero-order valence-electron chi connectivity index (χ0n) is 13.5. The largest absolute Gasteiger partial charge is 0.322 e. The topological polar surface area (TPSA) is 75.3 Å². The zero-order valence-corrected chi connectivity index (χ0v) is 14.3. The summed E-state index contributed by atoms with van der Waals surface area (Å²) >= 11 is 0. The van der Waals surface area contributed by atoms with Crippen LogP contribution in [0.4, 0.5) is 5.69 Å². The number of aryl methyl sites for hydroxylation is 1. The molecule has 1 aliphatic carbocycles. The summed E-state index contributed by atoms with van der Waals surface area (Å²) in [7, 11) is -3.49. The van der Waals surface area contributed by atoms with E-state index in [0.29, 0.717) is 5.56 Å². The lowest BCUT2D eigenvalue weighted by Gasteiger charge is -2.08. The lowest BCUT2D eigenvalue weighted by molar-refractivity contribution is 0.102. The molecule has 1 fully saturated rings. The van der Waals surface area contributed by atoms with Crippen LogP contribution in [0.5, 0.6) is 0 Å². The van der Waals surface area contributed by atoms with Gasteiger partial charge in [0.25, 0.3) is 5.91 Å². The summed E-state index contributed by atoms with van der Waals surface area (Å²) in [5.41, 5.74) is 2.29. The number of amides is 1. The van der Waals surface area contributed by atoms with Gasteiger partial charge in [-0.15, -0.1) is 0 Å². The van der Waals surface area contributed by atoms with Crippen molar-refractivity contribution in [2.75, 3.05) is 5.32 Å². The maximum absolute atomic E-state index is 12.3. The monoisotopic (exact) mass is 344 g/mol. The van der Waals surface area contributed by atoms with Gasteiger partial charge < -0.3 is 5.32 Å². The maximum Gasteiger partial charge on any atom is 0.255 e. The second-order valence-corrected chi connectivity index (χ2v) is 7.64. The maximum atomic E-state index is 12.3. The average Bonchev–Trinajstić information content (AvgIpc) is 3.38. The number of benzene rings is 2. The Kier molecular flexibility index (Phi) is 4.69. The number of carbonyl (C=O) groups is 1. The Morgan fingerprint density at radius 3 is 2.46 bits per heavy atom. The van der Waals surface area contributed by atoms with Gasteiger partial charge in [0.05, 0.1) is 4.90 Å². The predicted octanol–water partition coefficient (Wildman–Crippen LogP) is 2.94. The van der Waals surface area contributed by atoms with Crippen LogP contribution in [0.3, 0.4) is 0 Å². The van der Waals surface area contributed by atoms with Crippen LogP contribution in [0.15, 0.2) is 53.4 Å². The van der Waals surface area contributed by atoms with E-state index in [1.165, 1.54) is 24.3 Å². The van der Waals surface area contributed by atoms with Gasteiger partial charge in [-0.3, -0.25) is 4.79 Å². The second-order valence-electron chi connectivity index (χ2n) is 5.93. The first-order valence-corrected chi connectivity index (χ1v) is 9.49. The first-order valence-electron chi connectivity index (χ1n) is 8.00. The van der Waals surface area contributed by atoms with Crippen LogP contribution in [0.1, 0.15) is 35.7 Å². The molecule has 2 aromatic carbocycles. The van der Waals surface area contributed by atoms with Gasteiger partial charge in [0.2, 0.25) is 10.0 Å². The van der Waals surface area contributed by atoms with Crippen LogP contribution in [0.25, 0.3) is 0 Å². The van der Waals surface area contributed by atoms with Crippen molar-refractivity contribution in [3.05, 3.63) is 59.7 Å². The summed E-state index contributed by atoms with van der Waals surface area (Å²) in [4.78, 5) is 12.5. The molecule has 0 saturated heterocycles. The van der Waals surface area contributed by atoms with Crippen LogP contribution >= 0.6 is 0 Å². The van der Waals surface area contributed by atoms with Gasteiger partial charge in [-0.2, -0.15) is 0 Å². The zero-order chi connectivity index (χ0) is 17.2. The van der Waals surface area contributed by atoms with E-state index in [1.54, 1.807) is 0 Å². The molecule has 3 rings (SSSR count). The van der Waals surface area contributed by atoms with E-state index >= 15 is 0 Å². The minimum atomic E-state index is -3.49. The van der Waals surface area contributed by atoms with Crippen molar-refractivity contribution in [3.8, 4) is 0 Å². The quantitative estimate of drug-likeness (QED) is 0.846. The molecule has 1 amide bonds. The first-order chi connectivity index (χ1) is 11.5. The Bertz CT molecular complexity index is 841. The molecule has 0 aliphatic heterocycles. The normalized spacial score (nSPS) is 14.4. The third-order valence-corrected chi connectivity index (χ3v) is 5.46. The fraction of sp³-hybridized carbons (Fsp3) is 0.278. The van der Waals surface area contributed by atoms with Crippen molar-refractivity contribution >= 4 is 21.6 Å². The van der Waals surface area contributed by atoms with Gasteiger partial charge in [-0.1, -0.05) is 19.1 Å². The smallest absolute Gasteiger partial charge is 0.255 e. The lowest BCUT2D eigenvalue weighted by Crippen LogP contribution is -2.25. The second kappa shape index (κ2) is 6.75. The Balaban J connectivity index is 1.71. The Morgan fingerprint density at radius 2 is 1.83 bits per heavy atom. The van der Waals surface area contributed by atoms with Crippen molar-refractivity contribution < 1.29 is 13.2 Å². The first kappa shape index (κ1) is 16.7. The van der Waals surface area contributed by atoms with Crippen molar-refractivity contribution in [3.63, 3.8) is 0 Å². The van der Waals surface area contributed by atoms with Crippen LogP contribution < -0.4 is 10.0 Å². The molecule has 2 aromatic rings. The highest BCUT2D eigenvalue weighted by atomic mass is 32.2. The highest BCUT2D eigenvalue weighted by Crippen LogP contribution is 2.22. The summed E-state index contributed by atoms with van der Waals surface area (Å²) in [6.07, 6.45) is 2.66. The summed E-state index contributed by atoms with van der Waals surface area (Å²) in [6.45, 7) is 2.05. The van der Waals surface area contributed by atoms with E-state index in [4.69, 9.17) is 0 Å². The molecule has 0 unspecified atom stereocenters. The number of hydrogen-bond donors (Lipinski definition) is 2. The third kappa shape index (κ3) is 4.01. The molecule has 1 aliphatic rings. The number of carbonyl (C=O) groups excluding carboxylic acids is 1. The summed E-state index contributed by atoms with van der Waals surface area (Å²) in [6, 6.07) is 13.7. The highest BCUT2D eigenvalue weighted by Gasteiger charge is 2.27. The van der Waals surface area contributed by atoms with E-state index in [1.807, 2.05) is 24.3 Å². The molecule has 24 heavy (non-hydrogen) atoms. The average molecular weight is 344 g/mol. The van der Waals surface area contributed by atoms with E-state index < -0.39 is 10.0 Å². The van der Waals surface area contributed by atoms with Gasteiger partial charge in [-0.05, 0) is 61.2 Å². The number of nitrogens with one attached hydrogen (secondary N) is 2. The molecule has 0 bridgehead atoms. The summed E-state index contributed by atoms with van der Waals surface area (Å²) in [5, 5.41) is 2.83. The van der Waals surface area contributed by atoms with Crippen molar-refractivity contribution in [2.24, 2.45) is 0 Å². The number of rotatable bonds is 6. The summed E-state index contributed by atoms with van der Waals surface area (Å²) < 4.78 is 26.8. The highest BCUT2D eigenvalue weighted by molar-refractivity contribution is 7.89. The number of hydrogen-bond acceptors (Lipinski definition) is 3. The molecule has 0 heterocycles. The van der Waals surface area contributed by atoms with E-state index in [9.17, 15) is 13.2 Å². The fourth-order valence-corrected chi connectivity index (χ4v) is 3.65. The van der Waals surface area contributed by atoms with Gasteiger partial charge >= 0.3 is 0 Å². The third-order valence-electron chi connectivity index (χ3n) is 3.92. The van der Waals surface area contributed by atoms with Crippen LogP contribution in [0.2, 0.25) is 0 Å². The van der Waals surface area contributed by atoms with Gasteiger partial charge in [0.15, 0.2) is 0 Å². The van der Waals surface area contributed by atoms with Crippen molar-refractivity contribution in [1.82, 2.24) is 4.72 Å². The Morgan fingerprint density at radius 1 is 1.12 bits per heavy atom. The molecule has 0 atom stereocenters. The predicted molar refractivity (Wildman–Crippen MR) is 93.6 cm³/mol. The van der Waals surface area contributed by atoms with Crippen LogP contribution in [0, 0.1) is 0 Å². The van der Waals surface area contributed by atoms with Crippen molar-refractivity contribution in [2.45, 2.75) is 37.1 Å². The minimum Gasteiger partial charge on any atom is -0.322 e. The molecule has 126 valence electrons. The molecule has 5 nitrogen and oxygen atoms in total. The molecule has 0 spiro atoms. The molecule has 6 heteroatoms. The van der Waals surface area contributed by atoms with Gasteiger partial charge in [-0.25, -0.2) is 13.1 Å². The van der Waals surface area contributed by atoms with E-state index in [0.717, 1.165) is 30.5 Å². The van der Waals surface area contributed by atoms with Gasteiger partial charge in [0.1, 0.15) is 0 Å². The standard InChI is InChI=1S/C18H20N2O3S/c1-2-13-4-3-5-16(12-13)19-18(21)14-6-10-17(11-7-14)24(22,23)20-15-8-9-15/h3-7,10-12,15,20H,2,8-9H2,1H3,(H,19,21). The molecule has 1 saturated carbocycles. The van der Waals surface area contributed by atoms with Gasteiger partial charge in [0, 0.05) is 17.3 Å². The van der Waals surface area contributed by atoms with E-state index in [-0.39, 0.29) is 16.8 Å². The molecule has 2 N–H and O–H groups in total. The Hall–Kier alpha value is -2.18. The SMILES string of the molecule is CCc1cccc(NC(=O)c2ccc(S(=O)(=O)NC3CC3)cc2)c1. The van der Waals surface area contributed by atoms with E-state index in [2.05, 4.69) is 17.0 Å². The number of sulfonamides is 1. The molecular formula is C18H20N2O3S. The molecule has 0 aromatic heterocycles. The Labute approximate surface area is 142 Å². The van der Waals surface area contributed by atoms with Crippen LogP contribution in [-0.4, -0.2) is 20.4 Å². The van der Waals surface area contributed by atoms with Crippen molar-refractivity contribution in [1.29, 1.82) is 0 Å². The summed E-state index contributed by atoms with van der Waals surface area (Å²) in [5.74, 6) is -0.262. The fourth-order valence-electron chi connectivity index (χ4n) is 2.35.